The summed E-state index contributed by atoms with van der Waals surface area (Å²) < 4.78 is 13.0. The summed E-state index contributed by atoms with van der Waals surface area (Å²) in [6.07, 6.45) is 8.73. The van der Waals surface area contributed by atoms with Crippen molar-refractivity contribution in [2.24, 2.45) is 23.2 Å². The lowest BCUT2D eigenvalue weighted by molar-refractivity contribution is -0.149. The van der Waals surface area contributed by atoms with Crippen LogP contribution in [0.3, 0.4) is 0 Å². The highest BCUT2D eigenvalue weighted by atomic mass is 16.7. The van der Waals surface area contributed by atoms with E-state index in [-0.39, 0.29) is 23.7 Å². The van der Waals surface area contributed by atoms with Crippen LogP contribution in [0.25, 0.3) is 0 Å². The SMILES string of the molecule is CCC(=O)C1CCC(OC(CC(C)(C)CC)Oc2ccc(C(CC(C)C)C(C)CC)cc2)CC1. The van der Waals surface area contributed by atoms with E-state index < -0.39 is 0 Å². The van der Waals surface area contributed by atoms with Crippen molar-refractivity contribution in [3.05, 3.63) is 29.8 Å². The van der Waals surface area contributed by atoms with Crippen LogP contribution in [0.4, 0.5) is 0 Å². The second-order valence-corrected chi connectivity index (χ2v) is 11.9. The van der Waals surface area contributed by atoms with Crippen LogP contribution >= 0.6 is 0 Å². The lowest BCUT2D eigenvalue weighted by Gasteiger charge is -2.34. The zero-order chi connectivity index (χ0) is 25.3. The Labute approximate surface area is 210 Å². The summed E-state index contributed by atoms with van der Waals surface area (Å²) in [6.45, 7) is 18.1. The monoisotopic (exact) mass is 472 g/mol. The molecule has 0 radical (unpaired) electrons. The molecule has 2 rings (SSSR count). The molecule has 0 amide bonds. The number of Topliss-reactive ketones (excluding diaryl/α,β-unsaturated/α-hetero) is 1. The number of ketones is 1. The Kier molecular flexibility index (Phi) is 11.6. The first kappa shape index (κ1) is 28.9. The number of ether oxygens (including phenoxy) is 2. The summed E-state index contributed by atoms with van der Waals surface area (Å²) in [4.78, 5) is 12.1. The number of hydrogen-bond acceptors (Lipinski definition) is 3. The van der Waals surface area contributed by atoms with Gasteiger partial charge < -0.3 is 9.47 Å². The van der Waals surface area contributed by atoms with E-state index in [0.717, 1.165) is 44.3 Å². The second kappa shape index (κ2) is 13.7. The maximum absolute atomic E-state index is 12.1. The Balaban J connectivity index is 2.08. The third kappa shape index (κ3) is 9.02. The van der Waals surface area contributed by atoms with E-state index in [4.69, 9.17) is 9.47 Å². The molecule has 0 aromatic heterocycles. The van der Waals surface area contributed by atoms with E-state index in [1.165, 1.54) is 18.4 Å². The third-order valence-electron chi connectivity index (χ3n) is 8.13. The number of hydrogen-bond donors (Lipinski definition) is 0. The quantitative estimate of drug-likeness (QED) is 0.253. The third-order valence-corrected chi connectivity index (χ3v) is 8.13. The minimum Gasteiger partial charge on any atom is -0.465 e. The minimum absolute atomic E-state index is 0.152. The first-order valence-electron chi connectivity index (χ1n) is 14.0. The summed E-state index contributed by atoms with van der Waals surface area (Å²) in [5.41, 5.74) is 1.57. The molecule has 0 saturated heterocycles. The Morgan fingerprint density at radius 3 is 2.12 bits per heavy atom. The molecule has 0 aliphatic heterocycles. The van der Waals surface area contributed by atoms with Crippen molar-refractivity contribution in [2.45, 2.75) is 131 Å². The maximum Gasteiger partial charge on any atom is 0.200 e. The lowest BCUT2D eigenvalue weighted by Crippen LogP contribution is -2.34. The van der Waals surface area contributed by atoms with Gasteiger partial charge in [0, 0.05) is 18.8 Å². The van der Waals surface area contributed by atoms with Gasteiger partial charge in [0.25, 0.3) is 0 Å². The van der Waals surface area contributed by atoms with Gasteiger partial charge in [-0.2, -0.15) is 0 Å². The van der Waals surface area contributed by atoms with Gasteiger partial charge in [-0.1, -0.05) is 80.4 Å². The van der Waals surface area contributed by atoms with Crippen molar-refractivity contribution in [3.63, 3.8) is 0 Å². The van der Waals surface area contributed by atoms with Gasteiger partial charge in [0.2, 0.25) is 6.29 Å². The van der Waals surface area contributed by atoms with E-state index >= 15 is 0 Å². The van der Waals surface area contributed by atoms with Crippen LogP contribution in [-0.2, 0) is 9.53 Å². The van der Waals surface area contributed by atoms with Crippen LogP contribution in [0.5, 0.6) is 5.75 Å². The largest absolute Gasteiger partial charge is 0.465 e. The highest BCUT2D eigenvalue weighted by Gasteiger charge is 2.30. The van der Waals surface area contributed by atoms with Crippen molar-refractivity contribution in [1.82, 2.24) is 0 Å². The van der Waals surface area contributed by atoms with Crippen LogP contribution < -0.4 is 4.74 Å². The van der Waals surface area contributed by atoms with Crippen molar-refractivity contribution < 1.29 is 14.3 Å². The van der Waals surface area contributed by atoms with Crippen molar-refractivity contribution in [1.29, 1.82) is 0 Å². The van der Waals surface area contributed by atoms with Crippen LogP contribution in [-0.4, -0.2) is 18.2 Å². The Hall–Kier alpha value is -1.35. The van der Waals surface area contributed by atoms with E-state index in [1.54, 1.807) is 0 Å². The molecular formula is C31H52O3. The molecule has 0 heterocycles. The molecular weight excluding hydrogens is 420 g/mol. The first-order valence-corrected chi connectivity index (χ1v) is 14.0. The van der Waals surface area contributed by atoms with Crippen molar-refractivity contribution in [3.8, 4) is 5.75 Å². The van der Waals surface area contributed by atoms with Crippen LogP contribution in [0, 0.1) is 23.2 Å². The Morgan fingerprint density at radius 2 is 1.62 bits per heavy atom. The van der Waals surface area contributed by atoms with Gasteiger partial charge in [-0.15, -0.1) is 0 Å². The molecule has 3 nitrogen and oxygen atoms in total. The zero-order valence-corrected chi connectivity index (χ0v) is 23.4. The van der Waals surface area contributed by atoms with Gasteiger partial charge in [0.15, 0.2) is 0 Å². The van der Waals surface area contributed by atoms with Gasteiger partial charge in [-0.3, -0.25) is 4.79 Å². The highest BCUT2D eigenvalue weighted by Crippen LogP contribution is 2.36. The first-order chi connectivity index (χ1) is 16.1. The predicted molar refractivity (Wildman–Crippen MR) is 143 cm³/mol. The number of carbonyl (C=O) groups is 1. The molecule has 1 saturated carbocycles. The summed E-state index contributed by atoms with van der Waals surface area (Å²) in [6, 6.07) is 8.80. The zero-order valence-electron chi connectivity index (χ0n) is 23.4. The van der Waals surface area contributed by atoms with Gasteiger partial charge in [-0.05, 0) is 73.0 Å². The maximum atomic E-state index is 12.1. The van der Waals surface area contributed by atoms with E-state index in [1.807, 2.05) is 6.92 Å². The molecule has 1 aromatic carbocycles. The smallest absolute Gasteiger partial charge is 0.200 e. The van der Waals surface area contributed by atoms with E-state index in [2.05, 4.69) is 72.7 Å². The average Bonchev–Trinajstić information content (AvgIpc) is 2.82. The van der Waals surface area contributed by atoms with Gasteiger partial charge in [0.1, 0.15) is 11.5 Å². The standard InChI is InChI=1S/C31H52O3/c1-9-23(6)28(20-22(4)5)24-12-16-26(17-13-24)33-30(21-31(7,8)11-3)34-27-18-14-25(15-19-27)29(32)10-2/h12-13,16-17,22-23,25,27-28,30H,9-11,14-15,18-21H2,1-8H3. The average molecular weight is 473 g/mol. The molecule has 0 bridgehead atoms. The minimum atomic E-state index is -0.259. The molecule has 3 heteroatoms. The molecule has 34 heavy (non-hydrogen) atoms. The van der Waals surface area contributed by atoms with Gasteiger partial charge >= 0.3 is 0 Å². The van der Waals surface area contributed by atoms with Crippen LogP contribution in [0.2, 0.25) is 0 Å². The molecule has 1 aromatic rings. The van der Waals surface area contributed by atoms with Crippen LogP contribution in [0.15, 0.2) is 24.3 Å². The second-order valence-electron chi connectivity index (χ2n) is 11.9. The number of carbonyl (C=O) groups excluding carboxylic acids is 1. The molecule has 1 aliphatic rings. The number of benzene rings is 1. The van der Waals surface area contributed by atoms with Crippen molar-refractivity contribution in [2.75, 3.05) is 0 Å². The molecule has 0 spiro atoms. The molecule has 194 valence electrons. The fraction of sp³-hybridized carbons (Fsp3) is 0.774. The Bertz CT molecular complexity index is 713. The lowest BCUT2D eigenvalue weighted by atomic mass is 9.80. The topological polar surface area (TPSA) is 35.5 Å². The molecule has 3 unspecified atom stereocenters. The van der Waals surface area contributed by atoms with E-state index in [0.29, 0.717) is 30.0 Å². The predicted octanol–water partition coefficient (Wildman–Crippen LogP) is 8.95. The summed E-state index contributed by atoms with van der Waals surface area (Å²) >= 11 is 0. The molecule has 0 N–H and O–H groups in total. The fourth-order valence-corrected chi connectivity index (χ4v) is 5.17. The molecule has 3 atom stereocenters. The number of rotatable bonds is 14. The Morgan fingerprint density at radius 1 is 1.00 bits per heavy atom. The summed E-state index contributed by atoms with van der Waals surface area (Å²) in [5, 5.41) is 0. The normalized spacial score (nSPS) is 21.8. The van der Waals surface area contributed by atoms with Crippen LogP contribution in [0.1, 0.15) is 125 Å². The highest BCUT2D eigenvalue weighted by molar-refractivity contribution is 5.80. The van der Waals surface area contributed by atoms with Crippen molar-refractivity contribution >= 4 is 5.78 Å². The van der Waals surface area contributed by atoms with E-state index in [9.17, 15) is 4.79 Å². The molecule has 1 fully saturated rings. The summed E-state index contributed by atoms with van der Waals surface area (Å²) in [5.74, 6) is 3.48. The molecule has 1 aliphatic carbocycles. The fourth-order valence-electron chi connectivity index (χ4n) is 5.17. The van der Waals surface area contributed by atoms with Gasteiger partial charge in [-0.25, -0.2) is 0 Å². The summed E-state index contributed by atoms with van der Waals surface area (Å²) in [7, 11) is 0. The van der Waals surface area contributed by atoms with Gasteiger partial charge in [0.05, 0.1) is 6.10 Å².